The van der Waals surface area contributed by atoms with Gasteiger partial charge in [0.2, 0.25) is 5.95 Å². The zero-order valence-electron chi connectivity index (χ0n) is 11.0. The lowest BCUT2D eigenvalue weighted by Crippen LogP contribution is -2.10. The third-order valence-electron chi connectivity index (χ3n) is 2.49. The van der Waals surface area contributed by atoms with Gasteiger partial charge in [-0.2, -0.15) is 5.10 Å². The smallest absolute Gasteiger partial charge is 0.252 e. The summed E-state index contributed by atoms with van der Waals surface area (Å²) in [5.74, 6) is 0.580. The number of aryl methyl sites for hydroxylation is 1. The molecule has 20 heavy (non-hydrogen) atoms. The summed E-state index contributed by atoms with van der Waals surface area (Å²) in [6, 6.07) is 6.42. The Morgan fingerprint density at radius 2 is 2.30 bits per heavy atom. The Morgan fingerprint density at radius 3 is 3.00 bits per heavy atom. The highest BCUT2D eigenvalue weighted by molar-refractivity contribution is 5.85. The number of benzene rings is 1. The molecule has 3 N–H and O–H groups in total. The number of aromatic amines is 1. The normalized spacial score (nSPS) is 10.7. The first-order valence-electron chi connectivity index (χ1n) is 5.83. The van der Waals surface area contributed by atoms with Crippen LogP contribution in [0.4, 0.5) is 5.95 Å². The lowest BCUT2D eigenvalue weighted by molar-refractivity contribution is 0.373. The summed E-state index contributed by atoms with van der Waals surface area (Å²) in [6.07, 6.45) is 1.40. The maximum atomic E-state index is 11.2. The van der Waals surface area contributed by atoms with E-state index in [2.05, 4.69) is 20.5 Å². The average molecular weight is 274 g/mol. The van der Waals surface area contributed by atoms with E-state index >= 15 is 0 Å². The maximum absolute atomic E-state index is 11.2. The summed E-state index contributed by atoms with van der Waals surface area (Å²) < 4.78 is 4.99. The van der Waals surface area contributed by atoms with Gasteiger partial charge in [-0.3, -0.25) is 9.78 Å². The molecule has 0 bridgehead atoms. The Hall–Kier alpha value is -2.83. The summed E-state index contributed by atoms with van der Waals surface area (Å²) in [5, 5.41) is 13.8. The second-order valence-electron chi connectivity index (χ2n) is 4.00. The van der Waals surface area contributed by atoms with Crippen LogP contribution in [0.5, 0.6) is 11.5 Å². The molecule has 1 heterocycles. The summed E-state index contributed by atoms with van der Waals surface area (Å²) in [5.41, 5.74) is 3.38. The standard InChI is InChI=1S/C13H14N4O3/c1-8-6-11(18)16-13(15-8)17-14-7-9-4-3-5-10(20-2)12(9)19/h3-7,19H,1-2H3,(H2,15,16,17,18)/b14-7+. The molecule has 2 rings (SSSR count). The zero-order chi connectivity index (χ0) is 14.5. The second-order valence-corrected chi connectivity index (χ2v) is 4.00. The number of aromatic hydroxyl groups is 1. The van der Waals surface area contributed by atoms with Gasteiger partial charge in [-0.25, -0.2) is 10.4 Å². The molecule has 0 spiro atoms. The van der Waals surface area contributed by atoms with Crippen molar-refractivity contribution in [2.45, 2.75) is 6.92 Å². The molecule has 0 amide bonds. The van der Waals surface area contributed by atoms with E-state index in [0.717, 1.165) is 0 Å². The van der Waals surface area contributed by atoms with Crippen molar-refractivity contribution < 1.29 is 9.84 Å². The lowest BCUT2D eigenvalue weighted by Gasteiger charge is -2.05. The van der Waals surface area contributed by atoms with Crippen molar-refractivity contribution in [2.75, 3.05) is 12.5 Å². The fraction of sp³-hybridized carbons (Fsp3) is 0.154. The fourth-order valence-electron chi connectivity index (χ4n) is 1.60. The van der Waals surface area contributed by atoms with Gasteiger partial charge in [-0.1, -0.05) is 6.07 Å². The van der Waals surface area contributed by atoms with E-state index in [-0.39, 0.29) is 17.3 Å². The number of phenols is 1. The summed E-state index contributed by atoms with van der Waals surface area (Å²) >= 11 is 0. The third-order valence-corrected chi connectivity index (χ3v) is 2.49. The number of hydrogen-bond donors (Lipinski definition) is 3. The van der Waals surface area contributed by atoms with Gasteiger partial charge in [0.1, 0.15) is 0 Å². The van der Waals surface area contributed by atoms with E-state index in [9.17, 15) is 9.90 Å². The lowest BCUT2D eigenvalue weighted by atomic mass is 10.2. The van der Waals surface area contributed by atoms with Crippen molar-refractivity contribution in [3.05, 3.63) is 45.9 Å². The molecule has 0 aliphatic heterocycles. The predicted molar refractivity (Wildman–Crippen MR) is 75.5 cm³/mol. The van der Waals surface area contributed by atoms with E-state index in [1.807, 2.05) is 0 Å². The predicted octanol–water partition coefficient (Wildman–Crippen LogP) is 1.24. The molecule has 0 saturated heterocycles. The van der Waals surface area contributed by atoms with Gasteiger partial charge in [0.15, 0.2) is 11.5 Å². The van der Waals surface area contributed by atoms with Crippen LogP contribution in [0, 0.1) is 6.92 Å². The van der Waals surface area contributed by atoms with Crippen LogP contribution in [0.15, 0.2) is 34.2 Å². The van der Waals surface area contributed by atoms with Crippen LogP contribution in [-0.2, 0) is 0 Å². The Morgan fingerprint density at radius 1 is 1.50 bits per heavy atom. The molecule has 0 atom stereocenters. The van der Waals surface area contributed by atoms with Gasteiger partial charge in [0, 0.05) is 17.3 Å². The Bertz CT molecular complexity index is 694. The van der Waals surface area contributed by atoms with Crippen LogP contribution in [0.25, 0.3) is 0 Å². The first-order valence-corrected chi connectivity index (χ1v) is 5.83. The second kappa shape index (κ2) is 5.87. The van der Waals surface area contributed by atoms with Crippen LogP contribution >= 0.6 is 0 Å². The fourth-order valence-corrected chi connectivity index (χ4v) is 1.60. The monoisotopic (exact) mass is 274 g/mol. The van der Waals surface area contributed by atoms with E-state index in [0.29, 0.717) is 17.0 Å². The molecule has 104 valence electrons. The van der Waals surface area contributed by atoms with Gasteiger partial charge in [-0.05, 0) is 19.1 Å². The Balaban J connectivity index is 2.16. The van der Waals surface area contributed by atoms with Crippen LogP contribution in [0.2, 0.25) is 0 Å². The molecule has 0 saturated carbocycles. The number of ether oxygens (including phenoxy) is 1. The number of hydrogen-bond acceptors (Lipinski definition) is 6. The van der Waals surface area contributed by atoms with Crippen molar-refractivity contribution in [2.24, 2.45) is 5.10 Å². The molecule has 1 aromatic carbocycles. The van der Waals surface area contributed by atoms with Crippen molar-refractivity contribution in [1.29, 1.82) is 0 Å². The Kier molecular flexibility index (Phi) is 3.99. The quantitative estimate of drug-likeness (QED) is 0.575. The Labute approximate surface area is 115 Å². The SMILES string of the molecule is COc1cccc(/C=N/Nc2nc(C)cc(=O)[nH]2)c1O. The van der Waals surface area contributed by atoms with Crippen molar-refractivity contribution in [3.63, 3.8) is 0 Å². The molecule has 2 aromatic rings. The van der Waals surface area contributed by atoms with Crippen LogP contribution < -0.4 is 15.7 Å². The van der Waals surface area contributed by atoms with Crippen molar-refractivity contribution >= 4 is 12.2 Å². The molecular weight excluding hydrogens is 260 g/mol. The number of methoxy groups -OCH3 is 1. The van der Waals surface area contributed by atoms with E-state index in [4.69, 9.17) is 4.74 Å². The maximum Gasteiger partial charge on any atom is 0.252 e. The highest BCUT2D eigenvalue weighted by Gasteiger charge is 2.04. The van der Waals surface area contributed by atoms with E-state index in [1.54, 1.807) is 25.1 Å². The number of rotatable bonds is 4. The molecule has 0 aliphatic carbocycles. The van der Waals surface area contributed by atoms with Gasteiger partial charge in [0.05, 0.1) is 13.3 Å². The molecule has 0 radical (unpaired) electrons. The first kappa shape index (κ1) is 13.6. The number of para-hydroxylation sites is 1. The topological polar surface area (TPSA) is 99.6 Å². The summed E-state index contributed by atoms with van der Waals surface area (Å²) in [7, 11) is 1.47. The number of H-pyrrole nitrogens is 1. The number of phenolic OH excluding ortho intramolecular Hbond substituents is 1. The van der Waals surface area contributed by atoms with Gasteiger partial charge in [0.25, 0.3) is 5.56 Å². The highest BCUT2D eigenvalue weighted by atomic mass is 16.5. The number of nitrogens with one attached hydrogen (secondary N) is 2. The number of anilines is 1. The average Bonchev–Trinajstić information content (AvgIpc) is 2.39. The summed E-state index contributed by atoms with van der Waals surface area (Å²) in [6.45, 7) is 1.71. The molecular formula is C13H14N4O3. The van der Waals surface area contributed by atoms with Gasteiger partial charge >= 0.3 is 0 Å². The van der Waals surface area contributed by atoms with Crippen molar-refractivity contribution in [3.8, 4) is 11.5 Å². The number of hydrazone groups is 1. The number of nitrogens with zero attached hydrogens (tertiary/aromatic N) is 2. The summed E-state index contributed by atoms with van der Waals surface area (Å²) in [4.78, 5) is 17.8. The van der Waals surface area contributed by atoms with Gasteiger partial charge in [-0.15, -0.1) is 0 Å². The molecule has 1 aromatic heterocycles. The molecule has 7 nitrogen and oxygen atoms in total. The van der Waals surface area contributed by atoms with E-state index in [1.165, 1.54) is 19.4 Å². The van der Waals surface area contributed by atoms with Crippen LogP contribution in [-0.4, -0.2) is 28.4 Å². The molecule has 7 heteroatoms. The molecule has 0 unspecified atom stereocenters. The minimum absolute atomic E-state index is 0.00811. The number of aromatic nitrogens is 2. The third kappa shape index (κ3) is 3.14. The minimum atomic E-state index is -0.264. The highest BCUT2D eigenvalue weighted by Crippen LogP contribution is 2.27. The molecule has 0 fully saturated rings. The molecule has 0 aliphatic rings. The van der Waals surface area contributed by atoms with E-state index < -0.39 is 0 Å². The van der Waals surface area contributed by atoms with Crippen molar-refractivity contribution in [1.82, 2.24) is 9.97 Å². The largest absolute Gasteiger partial charge is 0.504 e. The first-order chi connectivity index (χ1) is 9.60. The minimum Gasteiger partial charge on any atom is -0.504 e. The van der Waals surface area contributed by atoms with Crippen LogP contribution in [0.1, 0.15) is 11.3 Å². The zero-order valence-corrected chi connectivity index (χ0v) is 11.0. The van der Waals surface area contributed by atoms with Crippen LogP contribution in [0.3, 0.4) is 0 Å². The van der Waals surface area contributed by atoms with Gasteiger partial charge < -0.3 is 9.84 Å².